The first-order valence-electron chi connectivity index (χ1n) is 4.80. The van der Waals surface area contributed by atoms with Gasteiger partial charge in [0.05, 0.1) is 0 Å². The molecular formula is C10H9F5N2O. The van der Waals surface area contributed by atoms with Gasteiger partial charge in [-0.05, 0) is 17.7 Å². The average Bonchev–Trinajstić information content (AvgIpc) is 2.27. The van der Waals surface area contributed by atoms with Crippen molar-refractivity contribution in [3.63, 3.8) is 0 Å². The molecule has 3 nitrogen and oxygen atoms in total. The number of nitrogens with one attached hydrogen (secondary N) is 2. The van der Waals surface area contributed by atoms with Gasteiger partial charge in [-0.2, -0.15) is 13.2 Å². The molecule has 0 aliphatic heterocycles. The molecule has 1 aromatic carbocycles. The highest BCUT2D eigenvalue weighted by molar-refractivity contribution is 5.73. The Bertz CT molecular complexity index is 433. The number of amides is 2. The monoisotopic (exact) mass is 268 g/mol. The molecule has 0 aliphatic rings. The summed E-state index contributed by atoms with van der Waals surface area (Å²) >= 11 is 0. The van der Waals surface area contributed by atoms with Gasteiger partial charge in [-0.3, -0.25) is 0 Å². The molecule has 1 aromatic rings. The molecule has 0 saturated carbocycles. The first kappa shape index (κ1) is 14.2. The minimum absolute atomic E-state index is 0.207. The van der Waals surface area contributed by atoms with Gasteiger partial charge in [0.25, 0.3) is 0 Å². The third-order valence-corrected chi connectivity index (χ3v) is 1.89. The van der Waals surface area contributed by atoms with E-state index in [0.717, 1.165) is 12.1 Å². The van der Waals surface area contributed by atoms with Crippen LogP contribution >= 0.6 is 0 Å². The van der Waals surface area contributed by atoms with Gasteiger partial charge in [0.15, 0.2) is 11.6 Å². The molecule has 0 aliphatic carbocycles. The molecule has 18 heavy (non-hydrogen) atoms. The number of urea groups is 1. The van der Waals surface area contributed by atoms with E-state index in [1.807, 2.05) is 0 Å². The summed E-state index contributed by atoms with van der Waals surface area (Å²) in [5.41, 5.74) is 0.232. The lowest BCUT2D eigenvalue weighted by Crippen LogP contribution is -2.40. The fraction of sp³-hybridized carbons (Fsp3) is 0.300. The van der Waals surface area contributed by atoms with Crippen LogP contribution in [0.2, 0.25) is 0 Å². The van der Waals surface area contributed by atoms with Crippen LogP contribution in [0.25, 0.3) is 0 Å². The number of rotatable bonds is 3. The number of benzene rings is 1. The third-order valence-electron chi connectivity index (χ3n) is 1.89. The van der Waals surface area contributed by atoms with E-state index >= 15 is 0 Å². The van der Waals surface area contributed by atoms with Crippen molar-refractivity contribution in [3.05, 3.63) is 35.4 Å². The van der Waals surface area contributed by atoms with E-state index in [2.05, 4.69) is 5.32 Å². The van der Waals surface area contributed by atoms with Gasteiger partial charge >= 0.3 is 12.2 Å². The Hall–Kier alpha value is -1.86. The largest absolute Gasteiger partial charge is 0.405 e. The Morgan fingerprint density at radius 1 is 1.11 bits per heavy atom. The van der Waals surface area contributed by atoms with Crippen LogP contribution in [0.15, 0.2) is 18.2 Å². The van der Waals surface area contributed by atoms with E-state index in [-0.39, 0.29) is 12.1 Å². The summed E-state index contributed by atoms with van der Waals surface area (Å²) in [5.74, 6) is -2.13. The molecule has 0 heterocycles. The number of alkyl halides is 3. The molecule has 0 radical (unpaired) electrons. The Morgan fingerprint density at radius 3 is 2.33 bits per heavy atom. The first-order valence-corrected chi connectivity index (χ1v) is 4.80. The second kappa shape index (κ2) is 5.65. The Labute approximate surface area is 99.0 Å². The summed E-state index contributed by atoms with van der Waals surface area (Å²) in [6, 6.07) is 1.87. The number of halogens is 5. The van der Waals surface area contributed by atoms with E-state index in [9.17, 15) is 26.7 Å². The Kier molecular flexibility index (Phi) is 4.46. The van der Waals surface area contributed by atoms with Crippen LogP contribution in [0, 0.1) is 11.6 Å². The lowest BCUT2D eigenvalue weighted by molar-refractivity contribution is -0.122. The Morgan fingerprint density at radius 2 is 1.78 bits per heavy atom. The van der Waals surface area contributed by atoms with Crippen molar-refractivity contribution in [3.8, 4) is 0 Å². The van der Waals surface area contributed by atoms with E-state index in [0.29, 0.717) is 0 Å². The van der Waals surface area contributed by atoms with Gasteiger partial charge in [0, 0.05) is 6.54 Å². The van der Waals surface area contributed by atoms with Crippen LogP contribution < -0.4 is 10.6 Å². The lowest BCUT2D eigenvalue weighted by atomic mass is 10.2. The summed E-state index contributed by atoms with van der Waals surface area (Å²) < 4.78 is 60.5. The van der Waals surface area contributed by atoms with Crippen LogP contribution in [-0.2, 0) is 6.54 Å². The van der Waals surface area contributed by atoms with Crippen LogP contribution in [0.4, 0.5) is 26.7 Å². The molecule has 8 heteroatoms. The summed E-state index contributed by atoms with van der Waals surface area (Å²) in [6.07, 6.45) is -4.50. The number of carbonyl (C=O) groups is 1. The summed E-state index contributed by atoms with van der Waals surface area (Å²) in [6.45, 7) is -1.67. The highest BCUT2D eigenvalue weighted by Gasteiger charge is 2.27. The van der Waals surface area contributed by atoms with E-state index in [4.69, 9.17) is 0 Å². The van der Waals surface area contributed by atoms with Crippen molar-refractivity contribution in [2.75, 3.05) is 6.54 Å². The summed E-state index contributed by atoms with van der Waals surface area (Å²) in [7, 11) is 0. The van der Waals surface area contributed by atoms with Gasteiger partial charge in [0.2, 0.25) is 0 Å². The van der Waals surface area contributed by atoms with Gasteiger partial charge < -0.3 is 10.6 Å². The van der Waals surface area contributed by atoms with Crippen LogP contribution in [-0.4, -0.2) is 18.8 Å². The fourth-order valence-electron chi connectivity index (χ4n) is 1.07. The SMILES string of the molecule is O=C(NCc1ccc(F)c(F)c1)NCC(F)(F)F. The maximum Gasteiger partial charge on any atom is 0.405 e. The predicted molar refractivity (Wildman–Crippen MR) is 52.7 cm³/mol. The van der Waals surface area contributed by atoms with E-state index in [1.165, 1.54) is 6.07 Å². The quantitative estimate of drug-likeness (QED) is 0.812. The molecule has 0 aromatic heterocycles. The van der Waals surface area contributed by atoms with Crippen molar-refractivity contribution >= 4 is 6.03 Å². The molecule has 2 amide bonds. The first-order chi connectivity index (χ1) is 8.28. The number of hydrogen-bond donors (Lipinski definition) is 2. The van der Waals surface area contributed by atoms with E-state index < -0.39 is 30.4 Å². The lowest BCUT2D eigenvalue weighted by Gasteiger charge is -2.09. The summed E-state index contributed by atoms with van der Waals surface area (Å²) in [4.78, 5) is 10.9. The molecule has 100 valence electrons. The molecule has 0 unspecified atom stereocenters. The fourth-order valence-corrected chi connectivity index (χ4v) is 1.07. The van der Waals surface area contributed by atoms with Crippen molar-refractivity contribution in [1.29, 1.82) is 0 Å². The number of hydrogen-bond acceptors (Lipinski definition) is 1. The average molecular weight is 268 g/mol. The predicted octanol–water partition coefficient (Wildman–Crippen LogP) is 2.33. The zero-order valence-electron chi connectivity index (χ0n) is 8.94. The summed E-state index contributed by atoms with van der Waals surface area (Å²) in [5, 5.41) is 3.66. The standard InChI is InChI=1S/C10H9F5N2O/c11-7-2-1-6(3-8(7)12)4-16-9(18)17-5-10(13,14)15/h1-3H,4-5H2,(H2,16,17,18). The van der Waals surface area contributed by atoms with E-state index in [1.54, 1.807) is 5.32 Å². The molecule has 1 rings (SSSR count). The molecule has 0 atom stereocenters. The van der Waals surface area contributed by atoms with Crippen molar-refractivity contribution in [1.82, 2.24) is 10.6 Å². The Balaban J connectivity index is 2.40. The van der Waals surface area contributed by atoms with Gasteiger partial charge in [0.1, 0.15) is 6.54 Å². The smallest absolute Gasteiger partial charge is 0.334 e. The molecule has 2 N–H and O–H groups in total. The maximum absolute atomic E-state index is 12.8. The molecule has 0 spiro atoms. The van der Waals surface area contributed by atoms with Gasteiger partial charge in [-0.15, -0.1) is 0 Å². The maximum atomic E-state index is 12.8. The second-order valence-corrected chi connectivity index (χ2v) is 3.40. The van der Waals surface area contributed by atoms with Gasteiger partial charge in [-0.1, -0.05) is 6.07 Å². The third kappa shape index (κ3) is 4.98. The molecule has 0 saturated heterocycles. The van der Waals surface area contributed by atoms with Crippen LogP contribution in [0.5, 0.6) is 0 Å². The minimum Gasteiger partial charge on any atom is -0.334 e. The highest BCUT2D eigenvalue weighted by atomic mass is 19.4. The topological polar surface area (TPSA) is 41.1 Å². The van der Waals surface area contributed by atoms with Crippen molar-refractivity contribution in [2.45, 2.75) is 12.7 Å². The number of carbonyl (C=O) groups excluding carboxylic acids is 1. The zero-order chi connectivity index (χ0) is 13.8. The molecular weight excluding hydrogens is 259 g/mol. The van der Waals surface area contributed by atoms with Crippen LogP contribution in [0.3, 0.4) is 0 Å². The molecule has 0 bridgehead atoms. The normalized spacial score (nSPS) is 11.2. The second-order valence-electron chi connectivity index (χ2n) is 3.40. The molecule has 0 fully saturated rings. The van der Waals surface area contributed by atoms with Crippen molar-refractivity contribution < 1.29 is 26.7 Å². The zero-order valence-corrected chi connectivity index (χ0v) is 8.94. The van der Waals surface area contributed by atoms with Gasteiger partial charge in [-0.25, -0.2) is 13.6 Å². The highest BCUT2D eigenvalue weighted by Crippen LogP contribution is 2.12. The van der Waals surface area contributed by atoms with Crippen molar-refractivity contribution in [2.24, 2.45) is 0 Å². The van der Waals surface area contributed by atoms with Crippen LogP contribution in [0.1, 0.15) is 5.56 Å². The minimum atomic E-state index is -4.50.